The van der Waals surface area contributed by atoms with Gasteiger partial charge in [-0.25, -0.2) is 4.98 Å². The predicted octanol–water partition coefficient (Wildman–Crippen LogP) is 2.45. The Balaban J connectivity index is 1.95. The van der Waals surface area contributed by atoms with Crippen molar-refractivity contribution in [3.05, 3.63) is 72.3 Å². The number of aromatic nitrogens is 3. The monoisotopic (exact) mass is 264 g/mol. The van der Waals surface area contributed by atoms with E-state index < -0.39 is 0 Å². The molecule has 4 heteroatoms. The Hall–Kier alpha value is -2.46. The summed E-state index contributed by atoms with van der Waals surface area (Å²) >= 11 is 0. The van der Waals surface area contributed by atoms with E-state index in [1.54, 1.807) is 6.20 Å². The fraction of sp³-hybridized carbons (Fsp3) is 0.125. The maximum Gasteiger partial charge on any atom is 0.140 e. The fourth-order valence-electron chi connectivity index (χ4n) is 2.27. The molecule has 2 N–H and O–H groups in total. The summed E-state index contributed by atoms with van der Waals surface area (Å²) in [4.78, 5) is 8.77. The van der Waals surface area contributed by atoms with Gasteiger partial charge in [-0.2, -0.15) is 0 Å². The highest BCUT2D eigenvalue weighted by atomic mass is 15.1. The van der Waals surface area contributed by atoms with Gasteiger partial charge in [0.25, 0.3) is 0 Å². The molecule has 4 nitrogen and oxygen atoms in total. The zero-order valence-electron chi connectivity index (χ0n) is 11.1. The van der Waals surface area contributed by atoms with Gasteiger partial charge in [0.1, 0.15) is 5.82 Å². The van der Waals surface area contributed by atoms with E-state index in [0.29, 0.717) is 6.54 Å². The molecule has 2 aromatic heterocycles. The molecule has 0 aliphatic heterocycles. The maximum atomic E-state index is 5.74. The quantitative estimate of drug-likeness (QED) is 0.787. The normalized spacial score (nSPS) is 10.7. The Bertz CT molecular complexity index is 688. The van der Waals surface area contributed by atoms with Crippen LogP contribution in [0.2, 0.25) is 0 Å². The van der Waals surface area contributed by atoms with Crippen molar-refractivity contribution in [2.75, 3.05) is 0 Å². The lowest BCUT2D eigenvalue weighted by molar-refractivity contribution is 0.782. The van der Waals surface area contributed by atoms with Crippen molar-refractivity contribution in [3.8, 4) is 11.4 Å². The summed E-state index contributed by atoms with van der Waals surface area (Å²) in [6, 6.07) is 14.2. The van der Waals surface area contributed by atoms with Gasteiger partial charge in [0.2, 0.25) is 0 Å². The molecule has 0 radical (unpaired) electrons. The van der Waals surface area contributed by atoms with Crippen LogP contribution in [-0.4, -0.2) is 14.5 Å². The standard InChI is InChI=1S/C16H16N4/c17-11-15-14(7-4-8-18-15)12-20-10-9-19-16(20)13-5-2-1-3-6-13/h1-10H,11-12,17H2. The average molecular weight is 264 g/mol. The van der Waals surface area contributed by atoms with Crippen LogP contribution in [0.4, 0.5) is 0 Å². The molecule has 3 aromatic rings. The molecule has 3 rings (SSSR count). The summed E-state index contributed by atoms with van der Waals surface area (Å²) in [5, 5.41) is 0. The highest BCUT2D eigenvalue weighted by molar-refractivity contribution is 5.55. The van der Waals surface area contributed by atoms with Gasteiger partial charge in [-0.1, -0.05) is 36.4 Å². The van der Waals surface area contributed by atoms with E-state index >= 15 is 0 Å². The topological polar surface area (TPSA) is 56.7 Å². The molecule has 0 fully saturated rings. The zero-order chi connectivity index (χ0) is 13.8. The average Bonchev–Trinajstić information content (AvgIpc) is 2.97. The molecule has 100 valence electrons. The van der Waals surface area contributed by atoms with Crippen molar-refractivity contribution in [2.45, 2.75) is 13.1 Å². The van der Waals surface area contributed by atoms with Crippen molar-refractivity contribution in [1.29, 1.82) is 0 Å². The molecular formula is C16H16N4. The maximum absolute atomic E-state index is 5.74. The second kappa shape index (κ2) is 5.67. The number of imidazole rings is 1. The van der Waals surface area contributed by atoms with Gasteiger partial charge >= 0.3 is 0 Å². The van der Waals surface area contributed by atoms with Gasteiger partial charge in [0, 0.05) is 30.7 Å². The van der Waals surface area contributed by atoms with Crippen LogP contribution in [0.25, 0.3) is 11.4 Å². The second-order valence-corrected chi connectivity index (χ2v) is 4.56. The molecular weight excluding hydrogens is 248 g/mol. The summed E-state index contributed by atoms with van der Waals surface area (Å²) in [6.07, 6.45) is 5.58. The zero-order valence-corrected chi connectivity index (χ0v) is 11.1. The van der Waals surface area contributed by atoms with E-state index in [-0.39, 0.29) is 0 Å². The molecule has 20 heavy (non-hydrogen) atoms. The van der Waals surface area contributed by atoms with Gasteiger partial charge in [-0.05, 0) is 11.6 Å². The first-order valence-electron chi connectivity index (χ1n) is 6.58. The van der Waals surface area contributed by atoms with Crippen LogP contribution in [-0.2, 0) is 13.1 Å². The third kappa shape index (κ3) is 2.46. The number of hydrogen-bond donors (Lipinski definition) is 1. The Morgan fingerprint density at radius 2 is 1.80 bits per heavy atom. The molecule has 0 unspecified atom stereocenters. The minimum absolute atomic E-state index is 0.450. The minimum atomic E-state index is 0.450. The first-order valence-corrected chi connectivity index (χ1v) is 6.58. The number of benzene rings is 1. The van der Waals surface area contributed by atoms with Gasteiger partial charge in [-0.15, -0.1) is 0 Å². The largest absolute Gasteiger partial charge is 0.326 e. The van der Waals surface area contributed by atoms with Gasteiger partial charge in [0.05, 0.1) is 12.2 Å². The van der Waals surface area contributed by atoms with Crippen LogP contribution in [0.5, 0.6) is 0 Å². The molecule has 0 amide bonds. The lowest BCUT2D eigenvalue weighted by atomic mass is 10.1. The minimum Gasteiger partial charge on any atom is -0.326 e. The predicted molar refractivity (Wildman–Crippen MR) is 78.9 cm³/mol. The molecule has 0 saturated heterocycles. The van der Waals surface area contributed by atoms with Crippen LogP contribution in [0.1, 0.15) is 11.3 Å². The highest BCUT2D eigenvalue weighted by Gasteiger charge is 2.08. The van der Waals surface area contributed by atoms with Crippen molar-refractivity contribution < 1.29 is 0 Å². The van der Waals surface area contributed by atoms with E-state index in [1.807, 2.05) is 36.7 Å². The van der Waals surface area contributed by atoms with Crippen molar-refractivity contribution in [2.24, 2.45) is 5.73 Å². The summed E-state index contributed by atoms with van der Waals surface area (Å²) < 4.78 is 2.12. The van der Waals surface area contributed by atoms with E-state index in [0.717, 1.165) is 29.2 Å². The van der Waals surface area contributed by atoms with E-state index in [1.165, 1.54) is 0 Å². The number of hydrogen-bond acceptors (Lipinski definition) is 3. The highest BCUT2D eigenvalue weighted by Crippen LogP contribution is 2.18. The van der Waals surface area contributed by atoms with Gasteiger partial charge in [-0.3, -0.25) is 4.98 Å². The summed E-state index contributed by atoms with van der Waals surface area (Å²) in [5.41, 5.74) is 8.91. The first kappa shape index (κ1) is 12.6. The molecule has 1 aromatic carbocycles. The Kier molecular flexibility index (Phi) is 3.56. The Labute approximate surface area is 117 Å². The van der Waals surface area contributed by atoms with Crippen LogP contribution in [0.15, 0.2) is 61.1 Å². The molecule has 0 bridgehead atoms. The lowest BCUT2D eigenvalue weighted by Crippen LogP contribution is -2.08. The van der Waals surface area contributed by atoms with E-state index in [2.05, 4.69) is 32.7 Å². The summed E-state index contributed by atoms with van der Waals surface area (Å²) in [6.45, 7) is 1.18. The van der Waals surface area contributed by atoms with E-state index in [4.69, 9.17) is 5.73 Å². The Morgan fingerprint density at radius 1 is 0.950 bits per heavy atom. The second-order valence-electron chi connectivity index (χ2n) is 4.56. The molecule has 2 heterocycles. The molecule has 0 aliphatic rings. The number of pyridine rings is 1. The molecule has 0 aliphatic carbocycles. The van der Waals surface area contributed by atoms with Crippen molar-refractivity contribution >= 4 is 0 Å². The SMILES string of the molecule is NCc1ncccc1Cn1ccnc1-c1ccccc1. The number of nitrogens with zero attached hydrogens (tertiary/aromatic N) is 3. The fourth-order valence-corrected chi connectivity index (χ4v) is 2.27. The van der Waals surface area contributed by atoms with Crippen LogP contribution in [0.3, 0.4) is 0 Å². The van der Waals surface area contributed by atoms with E-state index in [9.17, 15) is 0 Å². The molecule has 0 saturated carbocycles. The molecule has 0 atom stereocenters. The van der Waals surface area contributed by atoms with Gasteiger partial charge in [0.15, 0.2) is 0 Å². The summed E-state index contributed by atoms with van der Waals surface area (Å²) in [5.74, 6) is 0.956. The lowest BCUT2D eigenvalue weighted by Gasteiger charge is -2.10. The van der Waals surface area contributed by atoms with Crippen LogP contribution >= 0.6 is 0 Å². The van der Waals surface area contributed by atoms with Crippen LogP contribution < -0.4 is 5.73 Å². The third-order valence-corrected chi connectivity index (χ3v) is 3.27. The first-order chi connectivity index (χ1) is 9.88. The summed E-state index contributed by atoms with van der Waals surface area (Å²) in [7, 11) is 0. The van der Waals surface area contributed by atoms with Crippen molar-refractivity contribution in [3.63, 3.8) is 0 Å². The van der Waals surface area contributed by atoms with Crippen LogP contribution in [0, 0.1) is 0 Å². The smallest absolute Gasteiger partial charge is 0.140 e. The third-order valence-electron chi connectivity index (χ3n) is 3.27. The molecule has 0 spiro atoms. The van der Waals surface area contributed by atoms with Crippen molar-refractivity contribution in [1.82, 2.24) is 14.5 Å². The van der Waals surface area contributed by atoms with Gasteiger partial charge < -0.3 is 10.3 Å². The Morgan fingerprint density at radius 3 is 2.60 bits per heavy atom. The number of rotatable bonds is 4. The number of nitrogens with two attached hydrogens (primary N) is 1.